The molecule has 0 aliphatic carbocycles. The van der Waals surface area contributed by atoms with Crippen LogP contribution in [0.4, 0.5) is 0 Å². The monoisotopic (exact) mass is 268 g/mol. The molecule has 1 amide bonds. The van der Waals surface area contributed by atoms with E-state index in [2.05, 4.69) is 5.32 Å². The number of ether oxygens (including phenoxy) is 2. The Balaban J connectivity index is 3.13. The van der Waals surface area contributed by atoms with Crippen molar-refractivity contribution in [1.82, 2.24) is 5.32 Å². The van der Waals surface area contributed by atoms with Crippen LogP contribution in [-0.2, 0) is 4.79 Å². The van der Waals surface area contributed by atoms with E-state index in [-0.39, 0.29) is 10.9 Å². The van der Waals surface area contributed by atoms with Crippen LogP contribution in [0, 0.1) is 0 Å². The van der Waals surface area contributed by atoms with Gasteiger partial charge >= 0.3 is 0 Å². The number of benzene rings is 1. The van der Waals surface area contributed by atoms with Gasteiger partial charge < -0.3 is 20.5 Å². The molecule has 1 atom stereocenters. The van der Waals surface area contributed by atoms with Crippen molar-refractivity contribution < 1.29 is 14.3 Å². The minimum absolute atomic E-state index is 0.192. The number of rotatable bonds is 5. The van der Waals surface area contributed by atoms with Crippen LogP contribution in [0.2, 0.25) is 0 Å². The summed E-state index contributed by atoms with van der Waals surface area (Å²) in [6, 6.07) is 4.73. The second-order valence-corrected chi connectivity index (χ2v) is 4.12. The molecule has 0 aliphatic rings. The largest absolute Gasteiger partial charge is 0.493 e. The first-order valence-corrected chi connectivity index (χ1v) is 5.68. The maximum Gasteiger partial charge on any atom is 0.217 e. The number of methoxy groups -OCH3 is 2. The molecule has 18 heavy (non-hydrogen) atoms. The lowest BCUT2D eigenvalue weighted by Gasteiger charge is -2.18. The molecule has 5 nitrogen and oxygen atoms in total. The average molecular weight is 268 g/mol. The highest BCUT2D eigenvalue weighted by molar-refractivity contribution is 7.80. The summed E-state index contributed by atoms with van der Waals surface area (Å²) < 4.78 is 10.3. The quantitative estimate of drug-likeness (QED) is 0.784. The summed E-state index contributed by atoms with van der Waals surface area (Å²) in [5, 5.41) is 2.68. The van der Waals surface area contributed by atoms with Crippen molar-refractivity contribution in [3.63, 3.8) is 0 Å². The molecule has 0 bridgehead atoms. The molecule has 98 valence electrons. The minimum Gasteiger partial charge on any atom is -0.493 e. The summed E-state index contributed by atoms with van der Waals surface area (Å²) >= 11 is 4.95. The highest BCUT2D eigenvalue weighted by Gasteiger charge is 2.17. The van der Waals surface area contributed by atoms with Gasteiger partial charge in [0.1, 0.15) is 11.0 Å². The van der Waals surface area contributed by atoms with Crippen molar-refractivity contribution in [2.24, 2.45) is 5.73 Å². The summed E-state index contributed by atoms with van der Waals surface area (Å²) in [5.74, 6) is 0.954. The zero-order valence-electron chi connectivity index (χ0n) is 10.5. The van der Waals surface area contributed by atoms with E-state index < -0.39 is 6.04 Å². The second kappa shape index (κ2) is 6.20. The Labute approximate surface area is 111 Å². The van der Waals surface area contributed by atoms with Gasteiger partial charge in [-0.05, 0) is 17.7 Å². The lowest BCUT2D eigenvalue weighted by molar-refractivity contribution is -0.119. The fraction of sp³-hybridized carbons (Fsp3) is 0.333. The Bertz CT molecular complexity index is 463. The fourth-order valence-electron chi connectivity index (χ4n) is 1.55. The Morgan fingerprint density at radius 1 is 1.33 bits per heavy atom. The number of amides is 1. The summed E-state index contributed by atoms with van der Waals surface area (Å²) in [5.41, 5.74) is 6.37. The molecule has 0 aliphatic heterocycles. The maximum atomic E-state index is 11.1. The molecule has 3 N–H and O–H groups in total. The van der Waals surface area contributed by atoms with E-state index in [9.17, 15) is 4.79 Å². The van der Waals surface area contributed by atoms with Gasteiger partial charge in [0.2, 0.25) is 5.91 Å². The third kappa shape index (κ3) is 3.33. The van der Waals surface area contributed by atoms with E-state index in [4.69, 9.17) is 27.4 Å². The molecular formula is C12H16N2O3S. The molecular weight excluding hydrogens is 252 g/mol. The maximum absolute atomic E-state index is 11.1. The first-order valence-electron chi connectivity index (χ1n) is 5.28. The van der Waals surface area contributed by atoms with E-state index in [1.54, 1.807) is 25.3 Å². The normalized spacial score (nSPS) is 11.5. The van der Waals surface area contributed by atoms with Crippen LogP contribution in [-0.4, -0.2) is 25.1 Å². The Kier molecular flexibility index (Phi) is 4.91. The van der Waals surface area contributed by atoms with Crippen molar-refractivity contribution >= 4 is 23.1 Å². The summed E-state index contributed by atoms with van der Waals surface area (Å²) in [6.07, 6.45) is 0. The van der Waals surface area contributed by atoms with Crippen LogP contribution in [0.15, 0.2) is 18.2 Å². The zero-order chi connectivity index (χ0) is 13.7. The van der Waals surface area contributed by atoms with Gasteiger partial charge in [0, 0.05) is 6.92 Å². The summed E-state index contributed by atoms with van der Waals surface area (Å²) in [4.78, 5) is 11.3. The van der Waals surface area contributed by atoms with Gasteiger partial charge in [0.05, 0.1) is 14.2 Å². The second-order valence-electron chi connectivity index (χ2n) is 3.65. The van der Waals surface area contributed by atoms with Crippen molar-refractivity contribution in [2.75, 3.05) is 14.2 Å². The molecule has 1 unspecified atom stereocenters. The molecule has 6 heteroatoms. The molecule has 1 aromatic carbocycles. The van der Waals surface area contributed by atoms with Crippen molar-refractivity contribution in [2.45, 2.75) is 13.0 Å². The SMILES string of the molecule is COc1ccc(C(NC(C)=O)C(N)=S)cc1OC. The van der Waals surface area contributed by atoms with E-state index in [0.29, 0.717) is 11.5 Å². The van der Waals surface area contributed by atoms with Gasteiger partial charge in [-0.25, -0.2) is 0 Å². The van der Waals surface area contributed by atoms with Gasteiger partial charge in [-0.1, -0.05) is 18.3 Å². The number of hydrogen-bond donors (Lipinski definition) is 2. The van der Waals surface area contributed by atoms with E-state index in [1.807, 2.05) is 0 Å². The number of nitrogens with one attached hydrogen (secondary N) is 1. The molecule has 0 heterocycles. The number of thiocarbonyl (C=S) groups is 1. The Morgan fingerprint density at radius 2 is 1.94 bits per heavy atom. The third-order valence-electron chi connectivity index (χ3n) is 2.37. The molecule has 0 spiro atoms. The van der Waals surface area contributed by atoms with E-state index in [0.717, 1.165) is 5.56 Å². The van der Waals surface area contributed by atoms with Gasteiger partial charge in [0.15, 0.2) is 11.5 Å². The van der Waals surface area contributed by atoms with Crippen LogP contribution in [0.3, 0.4) is 0 Å². The van der Waals surface area contributed by atoms with Crippen LogP contribution in [0.1, 0.15) is 18.5 Å². The van der Waals surface area contributed by atoms with Gasteiger partial charge in [0.25, 0.3) is 0 Å². The van der Waals surface area contributed by atoms with Gasteiger partial charge in [-0.3, -0.25) is 4.79 Å². The van der Waals surface area contributed by atoms with Gasteiger partial charge in [-0.15, -0.1) is 0 Å². The number of nitrogens with two attached hydrogens (primary N) is 1. The van der Waals surface area contributed by atoms with Crippen LogP contribution in [0.5, 0.6) is 11.5 Å². The number of carbonyl (C=O) groups excluding carboxylic acids is 1. The fourth-order valence-corrected chi connectivity index (χ4v) is 1.75. The zero-order valence-corrected chi connectivity index (χ0v) is 11.3. The summed E-state index contributed by atoms with van der Waals surface area (Å²) in [6.45, 7) is 1.41. The van der Waals surface area contributed by atoms with Crippen molar-refractivity contribution in [1.29, 1.82) is 0 Å². The molecule has 0 fully saturated rings. The third-order valence-corrected chi connectivity index (χ3v) is 2.61. The van der Waals surface area contributed by atoms with E-state index >= 15 is 0 Å². The molecule has 1 rings (SSSR count). The van der Waals surface area contributed by atoms with Crippen LogP contribution >= 0.6 is 12.2 Å². The lowest BCUT2D eigenvalue weighted by Crippen LogP contribution is -2.35. The summed E-state index contributed by atoms with van der Waals surface area (Å²) in [7, 11) is 3.09. The topological polar surface area (TPSA) is 73.6 Å². The standard InChI is InChI=1S/C12H16N2O3S/c1-7(15)14-11(12(13)18)8-4-5-9(16-2)10(6-8)17-3/h4-6,11H,1-3H3,(H2,13,18)(H,14,15). The lowest BCUT2D eigenvalue weighted by atomic mass is 10.1. The molecule has 1 aromatic rings. The highest BCUT2D eigenvalue weighted by Crippen LogP contribution is 2.30. The Hall–Kier alpha value is -1.82. The van der Waals surface area contributed by atoms with Crippen molar-refractivity contribution in [3.8, 4) is 11.5 Å². The molecule has 0 radical (unpaired) electrons. The first-order chi connectivity index (χ1) is 8.49. The van der Waals surface area contributed by atoms with Crippen LogP contribution in [0.25, 0.3) is 0 Å². The van der Waals surface area contributed by atoms with E-state index in [1.165, 1.54) is 14.0 Å². The number of carbonyl (C=O) groups is 1. The predicted octanol–water partition coefficient (Wildman–Crippen LogP) is 1.17. The molecule has 0 aromatic heterocycles. The smallest absolute Gasteiger partial charge is 0.217 e. The minimum atomic E-state index is -0.516. The average Bonchev–Trinajstić information content (AvgIpc) is 2.34. The van der Waals surface area contributed by atoms with Crippen LogP contribution < -0.4 is 20.5 Å². The highest BCUT2D eigenvalue weighted by atomic mass is 32.1. The van der Waals surface area contributed by atoms with Crippen molar-refractivity contribution in [3.05, 3.63) is 23.8 Å². The Morgan fingerprint density at radius 3 is 2.39 bits per heavy atom. The molecule has 0 saturated carbocycles. The predicted molar refractivity (Wildman–Crippen MR) is 72.9 cm³/mol. The number of hydrogen-bond acceptors (Lipinski definition) is 4. The molecule has 0 saturated heterocycles. The van der Waals surface area contributed by atoms with Gasteiger partial charge in [-0.2, -0.15) is 0 Å². The first kappa shape index (κ1) is 14.2.